The van der Waals surface area contributed by atoms with Crippen LogP contribution in [0.15, 0.2) is 30.5 Å². The summed E-state index contributed by atoms with van der Waals surface area (Å²) in [6.07, 6.45) is 3.56. The molecule has 2 aromatic rings. The second-order valence-electron chi connectivity index (χ2n) is 9.99. The molecule has 7 heteroatoms. The number of rotatable bonds is 4. The van der Waals surface area contributed by atoms with Gasteiger partial charge in [0.25, 0.3) is 5.91 Å². The summed E-state index contributed by atoms with van der Waals surface area (Å²) in [7, 11) is 0. The highest BCUT2D eigenvalue weighted by Gasteiger charge is 2.46. The molecule has 0 unspecified atom stereocenters. The van der Waals surface area contributed by atoms with Crippen LogP contribution in [0.2, 0.25) is 5.02 Å². The predicted molar refractivity (Wildman–Crippen MR) is 128 cm³/mol. The minimum atomic E-state index is -0.251. The molecule has 1 amide bonds. The molecule has 32 heavy (non-hydrogen) atoms. The molecule has 1 aromatic heterocycles. The number of hydrogen-bond acceptors (Lipinski definition) is 4. The molecule has 0 radical (unpaired) electrons. The van der Waals surface area contributed by atoms with E-state index in [-0.39, 0.29) is 30.3 Å². The lowest BCUT2D eigenvalue weighted by atomic mass is 9.79. The highest BCUT2D eigenvalue weighted by Crippen LogP contribution is 2.40. The van der Waals surface area contributed by atoms with E-state index in [1.165, 1.54) is 0 Å². The van der Waals surface area contributed by atoms with Gasteiger partial charge in [0.1, 0.15) is 5.75 Å². The second kappa shape index (κ2) is 8.23. The number of carbonyl (C=O) groups is 2. The van der Waals surface area contributed by atoms with Gasteiger partial charge in [0.05, 0.1) is 16.7 Å². The Morgan fingerprint density at radius 3 is 2.44 bits per heavy atom. The van der Waals surface area contributed by atoms with Gasteiger partial charge >= 0.3 is 0 Å². The number of nitrogens with one attached hydrogen (secondary N) is 1. The Hall–Kier alpha value is -2.31. The summed E-state index contributed by atoms with van der Waals surface area (Å²) in [5, 5.41) is 4.29. The zero-order chi connectivity index (χ0) is 23.3. The van der Waals surface area contributed by atoms with Crippen molar-refractivity contribution in [3.8, 4) is 5.75 Å². The zero-order valence-corrected chi connectivity index (χ0v) is 20.3. The maximum Gasteiger partial charge on any atom is 0.253 e. The maximum absolute atomic E-state index is 13.2. The first kappa shape index (κ1) is 22.9. The van der Waals surface area contributed by atoms with Gasteiger partial charge in [0.2, 0.25) is 0 Å². The third-order valence-electron chi connectivity index (χ3n) is 6.38. The number of fused-ring (bicyclic) bond motifs is 2. The van der Waals surface area contributed by atoms with Gasteiger partial charge in [-0.05, 0) is 71.7 Å². The van der Waals surface area contributed by atoms with Gasteiger partial charge in [0, 0.05) is 49.6 Å². The van der Waals surface area contributed by atoms with Crippen molar-refractivity contribution in [1.29, 1.82) is 0 Å². The van der Waals surface area contributed by atoms with Crippen LogP contribution >= 0.6 is 11.6 Å². The van der Waals surface area contributed by atoms with Crippen molar-refractivity contribution < 1.29 is 15.8 Å². The number of halogens is 1. The number of benzene rings is 1. The molecular formula is C25H34ClN3O3. The minimum Gasteiger partial charge on any atom is -0.489 e. The fourth-order valence-electron chi connectivity index (χ4n) is 5.06. The van der Waals surface area contributed by atoms with Crippen molar-refractivity contribution in [2.24, 2.45) is 0 Å². The molecule has 4 rings (SSSR count). The van der Waals surface area contributed by atoms with Crippen LogP contribution in [0, 0.1) is 0 Å². The molecule has 6 nitrogen and oxygen atoms in total. The van der Waals surface area contributed by atoms with Crippen LogP contribution in [-0.4, -0.2) is 45.9 Å². The van der Waals surface area contributed by atoms with Gasteiger partial charge in [-0.25, -0.2) is 0 Å². The molecule has 0 atom stereocenters. The van der Waals surface area contributed by atoms with Gasteiger partial charge in [-0.2, -0.15) is 0 Å². The van der Waals surface area contributed by atoms with Crippen LogP contribution in [-0.2, 0) is 12.1 Å². The van der Waals surface area contributed by atoms with E-state index < -0.39 is 0 Å². The molecule has 2 aliphatic heterocycles. The van der Waals surface area contributed by atoms with Crippen LogP contribution in [0.25, 0.3) is 0 Å². The minimum absolute atomic E-state index is 0. The smallest absolute Gasteiger partial charge is 0.253 e. The number of carbonyl (C=O) groups excluding carboxylic acids is 2. The Morgan fingerprint density at radius 2 is 1.84 bits per heavy atom. The summed E-state index contributed by atoms with van der Waals surface area (Å²) < 4.78 is 7.90. The summed E-state index contributed by atoms with van der Waals surface area (Å²) in [5.74, 6) is 0.647. The van der Waals surface area contributed by atoms with E-state index in [4.69, 9.17) is 16.3 Å². The third kappa shape index (κ3) is 4.30. The van der Waals surface area contributed by atoms with E-state index >= 15 is 0 Å². The second-order valence-corrected chi connectivity index (χ2v) is 10.4. The Bertz CT molecular complexity index is 1060. The summed E-state index contributed by atoms with van der Waals surface area (Å²) in [6.45, 7) is 11.9. The zero-order valence-electron chi connectivity index (χ0n) is 19.5. The number of piperidine rings is 1. The average Bonchev–Trinajstić information content (AvgIpc) is 3.13. The van der Waals surface area contributed by atoms with E-state index in [2.05, 4.69) is 23.7 Å². The lowest BCUT2D eigenvalue weighted by Crippen LogP contribution is -2.63. The molecule has 1 aromatic carbocycles. The number of aromatic nitrogens is 1. The average molecular weight is 460 g/mol. The van der Waals surface area contributed by atoms with Crippen LogP contribution in [0.3, 0.4) is 0 Å². The number of ether oxygens (including phenoxy) is 1. The number of hydrogen-bond donors (Lipinski definition) is 1. The van der Waals surface area contributed by atoms with Gasteiger partial charge in [-0.3, -0.25) is 14.9 Å². The molecule has 2 aliphatic rings. The molecule has 0 aliphatic carbocycles. The van der Waals surface area contributed by atoms with Crippen molar-refractivity contribution in [1.82, 2.24) is 14.8 Å². The fourth-order valence-corrected chi connectivity index (χ4v) is 5.28. The van der Waals surface area contributed by atoms with Crippen molar-refractivity contribution in [2.75, 3.05) is 13.1 Å². The predicted octanol–water partition coefficient (Wildman–Crippen LogP) is 4.89. The number of Topliss-reactive ketones (excluding diaryl/α,β-unsaturated/α-hetero) is 1. The number of nitrogens with zero attached hydrogens (tertiary/aromatic N) is 2. The Labute approximate surface area is 196 Å². The largest absolute Gasteiger partial charge is 0.489 e. The molecule has 174 valence electrons. The van der Waals surface area contributed by atoms with Crippen LogP contribution in [0.5, 0.6) is 5.75 Å². The molecule has 0 bridgehead atoms. The monoisotopic (exact) mass is 459 g/mol. The van der Waals surface area contributed by atoms with Gasteiger partial charge in [-0.15, -0.1) is 0 Å². The van der Waals surface area contributed by atoms with E-state index in [9.17, 15) is 9.59 Å². The quantitative estimate of drug-likeness (QED) is 0.661. The number of amides is 1. The Morgan fingerprint density at radius 1 is 1.16 bits per heavy atom. The standard InChI is InChI=1S/C25H32ClN3O3.H2/c1-16(2)32-21-7-6-18(12-20(21)26)23(31)28-10-8-25(9-11-28)22-13-19(17(3)30)14-29(22)15-24(4,5)27-25;/h6-7,12-14,16,27H,8-11,15H2,1-5H3;1H. The van der Waals surface area contributed by atoms with Crippen molar-refractivity contribution in [2.45, 2.75) is 71.2 Å². The fraction of sp³-hybridized carbons (Fsp3) is 0.520. The van der Waals surface area contributed by atoms with Crippen molar-refractivity contribution in [3.63, 3.8) is 0 Å². The molecule has 1 N–H and O–H groups in total. The van der Waals surface area contributed by atoms with Crippen LogP contribution in [0.1, 0.15) is 75.3 Å². The molecule has 0 saturated carbocycles. The van der Waals surface area contributed by atoms with Crippen molar-refractivity contribution in [3.05, 3.63) is 52.3 Å². The van der Waals surface area contributed by atoms with Gasteiger partial charge in [-0.1, -0.05) is 11.6 Å². The first-order chi connectivity index (χ1) is 15.0. The number of ketones is 1. The van der Waals surface area contributed by atoms with Crippen LogP contribution < -0.4 is 10.1 Å². The van der Waals surface area contributed by atoms with E-state index in [1.807, 2.05) is 31.0 Å². The van der Waals surface area contributed by atoms with E-state index in [0.717, 1.165) is 30.6 Å². The first-order valence-electron chi connectivity index (χ1n) is 11.3. The number of likely N-dealkylation sites (tertiary alicyclic amines) is 1. The maximum atomic E-state index is 13.2. The Kier molecular flexibility index (Phi) is 5.88. The topological polar surface area (TPSA) is 63.6 Å². The highest BCUT2D eigenvalue weighted by atomic mass is 35.5. The Balaban J connectivity index is 0.00000306. The van der Waals surface area contributed by atoms with E-state index in [1.54, 1.807) is 25.1 Å². The van der Waals surface area contributed by atoms with Gasteiger partial charge < -0.3 is 14.2 Å². The molecule has 1 fully saturated rings. The lowest BCUT2D eigenvalue weighted by Gasteiger charge is -2.51. The first-order valence-corrected chi connectivity index (χ1v) is 11.6. The summed E-state index contributed by atoms with van der Waals surface area (Å²) in [4.78, 5) is 27.1. The van der Waals surface area contributed by atoms with Crippen LogP contribution in [0.4, 0.5) is 0 Å². The summed E-state index contributed by atoms with van der Waals surface area (Å²) >= 11 is 6.35. The molecule has 1 saturated heterocycles. The third-order valence-corrected chi connectivity index (χ3v) is 6.68. The molecular weight excluding hydrogens is 426 g/mol. The summed E-state index contributed by atoms with van der Waals surface area (Å²) in [5.41, 5.74) is 2.11. The van der Waals surface area contributed by atoms with E-state index in [0.29, 0.717) is 29.4 Å². The summed E-state index contributed by atoms with van der Waals surface area (Å²) in [6, 6.07) is 7.26. The van der Waals surface area contributed by atoms with Crippen molar-refractivity contribution >= 4 is 23.3 Å². The SMILES string of the molecule is CC(=O)c1cc2n(c1)CC(C)(C)NC21CCN(C(=O)c2ccc(OC(C)C)c(Cl)c2)CC1.[HH]. The molecule has 3 heterocycles. The lowest BCUT2D eigenvalue weighted by molar-refractivity contribution is 0.0521. The highest BCUT2D eigenvalue weighted by molar-refractivity contribution is 6.32. The normalized spacial score (nSPS) is 19.2. The van der Waals surface area contributed by atoms with Gasteiger partial charge in [0.15, 0.2) is 5.78 Å². The molecule has 1 spiro atoms.